The van der Waals surface area contributed by atoms with Crippen molar-refractivity contribution in [1.29, 1.82) is 0 Å². The Bertz CT molecular complexity index is 4010. The number of aromatic nitrogens is 8. The van der Waals surface area contributed by atoms with E-state index in [1.165, 1.54) is 22.8 Å². The molecule has 0 saturated heterocycles. The normalized spacial score (nSPS) is 11.5. The second kappa shape index (κ2) is 15.3. The molecule has 0 atom stereocenters. The van der Waals surface area contributed by atoms with E-state index in [-0.39, 0.29) is 68.0 Å². The first-order chi connectivity index (χ1) is 32.9. The van der Waals surface area contributed by atoms with Crippen molar-refractivity contribution in [2.45, 2.75) is 0 Å². The van der Waals surface area contributed by atoms with Gasteiger partial charge in [-0.1, -0.05) is 97.1 Å². The Hall–Kier alpha value is -10.1. The molecule has 0 aliphatic carbocycles. The minimum Gasteiger partial charge on any atom is -0.478 e. The predicted molar refractivity (Wildman–Crippen MR) is 244 cm³/mol. The molecule has 0 spiro atoms. The molecule has 11 rings (SSSR count). The lowest BCUT2D eigenvalue weighted by atomic mass is 9.96. The lowest BCUT2D eigenvalue weighted by molar-refractivity contribution is 0.0651. The molecular formula is C50H26N8O10. The molecule has 2 aliphatic heterocycles. The highest BCUT2D eigenvalue weighted by Crippen LogP contribution is 2.38. The summed E-state index contributed by atoms with van der Waals surface area (Å²) in [6.45, 7) is 0. The average molecular weight is 899 g/mol. The van der Waals surface area contributed by atoms with Gasteiger partial charge in [0.1, 0.15) is 11.3 Å². The molecule has 18 heteroatoms. The van der Waals surface area contributed by atoms with Crippen LogP contribution in [0.25, 0.3) is 89.7 Å². The summed E-state index contributed by atoms with van der Waals surface area (Å²) in [4.78, 5) is 111. The van der Waals surface area contributed by atoms with E-state index < -0.39 is 57.8 Å². The summed E-state index contributed by atoms with van der Waals surface area (Å²) in [5.74, 6) is -6.93. The zero-order valence-corrected chi connectivity index (χ0v) is 34.5. The minimum absolute atomic E-state index is 0.0429. The first-order valence-electron chi connectivity index (χ1n) is 20.4. The van der Waals surface area contributed by atoms with Gasteiger partial charge in [0.2, 0.25) is 0 Å². The van der Waals surface area contributed by atoms with Gasteiger partial charge in [0, 0.05) is 60.5 Å². The van der Waals surface area contributed by atoms with Crippen LogP contribution in [0, 0.1) is 0 Å². The Balaban J connectivity index is 1.27. The van der Waals surface area contributed by atoms with Crippen LogP contribution in [0.4, 0.5) is 0 Å². The van der Waals surface area contributed by atoms with Gasteiger partial charge in [0.25, 0.3) is 5.91 Å². The third kappa shape index (κ3) is 6.35. The Morgan fingerprint density at radius 3 is 1.32 bits per heavy atom. The van der Waals surface area contributed by atoms with Crippen LogP contribution in [-0.2, 0) is 0 Å². The average Bonchev–Trinajstić information content (AvgIpc) is 4.07. The number of nitrogens with one attached hydrogen (secondary N) is 1. The molecule has 9 aromatic rings. The summed E-state index contributed by atoms with van der Waals surface area (Å²) in [5.41, 5.74) is 0.128. The summed E-state index contributed by atoms with van der Waals surface area (Å²) >= 11 is 0. The van der Waals surface area contributed by atoms with E-state index in [9.17, 15) is 44.4 Å². The lowest BCUT2D eigenvalue weighted by Gasteiger charge is -2.08. The zero-order valence-electron chi connectivity index (χ0n) is 34.5. The standard InChI is InChI=1S/C50H26N8O10/c59-37(22-16-18-30(47(61)62)34(20-22)49(65)66)32-14-7-15-33-36(32)43-54-39-25-9-2-4-11-27(25)41(52-39)57-45-29-13-6-5-12-28(29)44(56-40-26-10-3-1-8-24(26)38(51-40)53-42(33)55-43)58(45)46(60)23-17-19-31(48(63)64)35(21-23)50(67)68/h1-21H,(H,61,62)(H,63,64)(H,65,66)(H,67,68)(H,51,52,53,54,55,56,57). The van der Waals surface area contributed by atoms with E-state index in [4.69, 9.17) is 29.9 Å². The van der Waals surface area contributed by atoms with E-state index >= 15 is 4.79 Å². The van der Waals surface area contributed by atoms with Crippen molar-refractivity contribution in [2.75, 3.05) is 0 Å². The number of benzene rings is 6. The van der Waals surface area contributed by atoms with Crippen LogP contribution in [0.2, 0.25) is 0 Å². The van der Waals surface area contributed by atoms with Gasteiger partial charge in [-0.15, -0.1) is 0 Å². The number of carbonyl (C=O) groups excluding carboxylic acids is 2. The number of carbonyl (C=O) groups is 6. The van der Waals surface area contributed by atoms with E-state index in [2.05, 4.69) is 4.98 Å². The van der Waals surface area contributed by atoms with Crippen LogP contribution < -0.4 is 0 Å². The number of aromatic carboxylic acids is 4. The topological polar surface area (TPSA) is 281 Å². The number of ketones is 1. The lowest BCUT2D eigenvalue weighted by Crippen LogP contribution is -2.16. The van der Waals surface area contributed by atoms with Gasteiger partial charge in [-0.3, -0.25) is 9.59 Å². The Labute approximate surface area is 379 Å². The zero-order chi connectivity index (χ0) is 47.1. The number of rotatable bonds is 7. The smallest absolute Gasteiger partial charge is 0.336 e. The Morgan fingerprint density at radius 2 is 0.824 bits per heavy atom. The summed E-state index contributed by atoms with van der Waals surface area (Å²) < 4.78 is 1.21. The van der Waals surface area contributed by atoms with Crippen LogP contribution in [0.5, 0.6) is 0 Å². The first-order valence-corrected chi connectivity index (χ1v) is 20.4. The largest absolute Gasteiger partial charge is 0.478 e. The summed E-state index contributed by atoms with van der Waals surface area (Å²) in [6, 6.07) is 32.5. The fraction of sp³-hybridized carbons (Fsp3) is 0. The van der Waals surface area contributed by atoms with Gasteiger partial charge >= 0.3 is 23.9 Å². The highest BCUT2D eigenvalue weighted by Gasteiger charge is 2.28. The molecule has 3 aromatic heterocycles. The van der Waals surface area contributed by atoms with Crippen LogP contribution in [-0.4, -0.2) is 95.4 Å². The van der Waals surface area contributed by atoms with Gasteiger partial charge < -0.3 is 25.4 Å². The van der Waals surface area contributed by atoms with Crippen molar-refractivity contribution in [3.8, 4) is 45.6 Å². The fourth-order valence-corrected chi connectivity index (χ4v) is 8.55. The Morgan fingerprint density at radius 1 is 0.397 bits per heavy atom. The minimum atomic E-state index is -1.56. The molecule has 0 unspecified atom stereocenters. The van der Waals surface area contributed by atoms with E-state index in [0.29, 0.717) is 38.4 Å². The predicted octanol–water partition coefficient (Wildman–Crippen LogP) is 8.05. The van der Waals surface area contributed by atoms with Gasteiger partial charge in [-0.2, -0.15) is 0 Å². The van der Waals surface area contributed by atoms with Crippen LogP contribution >= 0.6 is 0 Å². The quantitative estimate of drug-likeness (QED) is 0.0946. The van der Waals surface area contributed by atoms with E-state index in [0.717, 1.165) is 24.3 Å². The van der Waals surface area contributed by atoms with E-state index in [1.807, 2.05) is 0 Å². The molecule has 5 heterocycles. The number of carboxylic acid groups (broad SMARTS) is 4. The van der Waals surface area contributed by atoms with Crippen molar-refractivity contribution in [1.82, 2.24) is 39.5 Å². The molecule has 0 amide bonds. The van der Waals surface area contributed by atoms with E-state index in [1.54, 1.807) is 84.9 Å². The SMILES string of the molecule is O=C(O)c1ccc(C(=O)c2cccc3c4nc5nc(nc6c7ccccc7c(nc7nc(nc([nH]4)c23)-c2ccccc2-7)n6C(=O)c2ccc(C(=O)O)c(C(=O)O)c2)-c2ccccc2-5)cc1C(=O)O. The molecule has 0 fully saturated rings. The molecule has 2 aliphatic rings. The number of aromatic amines is 1. The summed E-state index contributed by atoms with van der Waals surface area (Å²) in [6.07, 6.45) is 0. The third-order valence-electron chi connectivity index (χ3n) is 11.6. The number of H-pyrrole nitrogens is 1. The molecule has 8 bridgehead atoms. The van der Waals surface area contributed by atoms with Crippen LogP contribution in [0.3, 0.4) is 0 Å². The highest BCUT2D eigenvalue weighted by molar-refractivity contribution is 6.22. The van der Waals surface area contributed by atoms with Crippen molar-refractivity contribution < 1.29 is 49.2 Å². The van der Waals surface area contributed by atoms with Gasteiger partial charge in [0.15, 0.2) is 40.4 Å². The van der Waals surface area contributed by atoms with Crippen molar-refractivity contribution >= 4 is 79.7 Å². The number of carboxylic acids is 4. The second-order valence-corrected chi connectivity index (χ2v) is 15.5. The van der Waals surface area contributed by atoms with Crippen LogP contribution in [0.1, 0.15) is 67.7 Å². The van der Waals surface area contributed by atoms with Gasteiger partial charge in [-0.25, -0.2) is 53.6 Å². The van der Waals surface area contributed by atoms with Crippen molar-refractivity contribution in [3.05, 3.63) is 166 Å². The van der Waals surface area contributed by atoms with Crippen LogP contribution in [0.15, 0.2) is 127 Å². The molecule has 0 radical (unpaired) electrons. The molecule has 18 nitrogen and oxygen atoms in total. The van der Waals surface area contributed by atoms with Crippen molar-refractivity contribution in [2.24, 2.45) is 0 Å². The second-order valence-electron chi connectivity index (χ2n) is 15.5. The maximum atomic E-state index is 15.0. The maximum Gasteiger partial charge on any atom is 0.336 e. The number of hydrogen-bond acceptors (Lipinski definition) is 12. The van der Waals surface area contributed by atoms with Crippen molar-refractivity contribution in [3.63, 3.8) is 0 Å². The number of hydrogen-bond donors (Lipinski definition) is 5. The molecule has 6 aromatic carbocycles. The molecule has 326 valence electrons. The summed E-state index contributed by atoms with van der Waals surface area (Å²) in [5, 5.41) is 40.9. The highest BCUT2D eigenvalue weighted by atomic mass is 16.4. The molecule has 5 N–H and O–H groups in total. The number of fused-ring (bicyclic) bond motifs is 20. The molecular weight excluding hydrogens is 873 g/mol. The summed E-state index contributed by atoms with van der Waals surface area (Å²) in [7, 11) is 0. The third-order valence-corrected chi connectivity index (χ3v) is 11.6. The van der Waals surface area contributed by atoms with Gasteiger partial charge in [0.05, 0.1) is 22.3 Å². The fourth-order valence-electron chi connectivity index (χ4n) is 8.55. The van der Waals surface area contributed by atoms with Gasteiger partial charge in [-0.05, 0) is 30.3 Å². The molecule has 0 saturated carbocycles. The monoisotopic (exact) mass is 898 g/mol. The molecule has 68 heavy (non-hydrogen) atoms. The Kier molecular flexibility index (Phi) is 9.13. The maximum absolute atomic E-state index is 15.0. The first kappa shape index (κ1) is 40.7. The number of nitrogens with zero attached hydrogens (tertiary/aromatic N) is 7.